The zero-order valence-electron chi connectivity index (χ0n) is 10.7. The number of rotatable bonds is 2. The molecule has 0 aliphatic heterocycles. The average Bonchev–Trinajstić information content (AvgIpc) is 2.79. The molecule has 4 nitrogen and oxygen atoms in total. The van der Waals surface area contributed by atoms with Crippen LogP contribution in [0.2, 0.25) is 0 Å². The Bertz CT molecular complexity index is 647. The van der Waals surface area contributed by atoms with E-state index in [2.05, 4.69) is 10.5 Å². The van der Waals surface area contributed by atoms with Crippen molar-refractivity contribution in [3.05, 3.63) is 41.2 Å². The summed E-state index contributed by atoms with van der Waals surface area (Å²) in [6, 6.07) is 4.59. The van der Waals surface area contributed by atoms with Crippen LogP contribution in [0.5, 0.6) is 0 Å². The van der Waals surface area contributed by atoms with Crippen LogP contribution >= 0.6 is 0 Å². The number of nitrogens with zero attached hydrogens (tertiary/aromatic N) is 1. The lowest BCUT2D eigenvalue weighted by atomic mass is 10.0. The first-order valence-electron chi connectivity index (χ1n) is 5.70. The van der Waals surface area contributed by atoms with Crippen LogP contribution in [0.3, 0.4) is 0 Å². The maximum absolute atomic E-state index is 12.7. The number of halogens is 3. The Kier molecular flexibility index (Phi) is 3.52. The summed E-state index contributed by atoms with van der Waals surface area (Å²) in [6.45, 7) is 1.52. The Morgan fingerprint density at radius 3 is 2.65 bits per heavy atom. The van der Waals surface area contributed by atoms with E-state index in [0.717, 1.165) is 12.1 Å². The van der Waals surface area contributed by atoms with Gasteiger partial charge in [0, 0.05) is 12.6 Å². The summed E-state index contributed by atoms with van der Waals surface area (Å²) in [5.41, 5.74) is -0.409. The van der Waals surface area contributed by atoms with Crippen molar-refractivity contribution in [3.63, 3.8) is 0 Å². The molecule has 20 heavy (non-hydrogen) atoms. The van der Waals surface area contributed by atoms with Gasteiger partial charge in [0.2, 0.25) is 0 Å². The Morgan fingerprint density at radius 2 is 2.05 bits per heavy atom. The molecule has 0 saturated carbocycles. The van der Waals surface area contributed by atoms with Gasteiger partial charge in [-0.1, -0.05) is 17.3 Å². The highest BCUT2D eigenvalue weighted by Gasteiger charge is 2.31. The molecule has 0 fully saturated rings. The van der Waals surface area contributed by atoms with E-state index < -0.39 is 17.6 Å². The molecule has 1 amide bonds. The van der Waals surface area contributed by atoms with Crippen LogP contribution in [-0.2, 0) is 6.18 Å². The largest absolute Gasteiger partial charge is 0.416 e. The number of hydrogen-bond donors (Lipinski definition) is 1. The molecule has 2 aromatic rings. The first kappa shape index (κ1) is 14.1. The molecule has 0 radical (unpaired) electrons. The molecule has 0 bridgehead atoms. The molecule has 0 atom stereocenters. The Hall–Kier alpha value is -2.31. The number of aryl methyl sites for hydroxylation is 1. The molecule has 106 valence electrons. The van der Waals surface area contributed by atoms with Crippen LogP contribution in [0.1, 0.15) is 21.7 Å². The number of alkyl halides is 3. The normalized spacial score (nSPS) is 11.4. The number of nitrogens with one attached hydrogen (secondary N) is 1. The predicted octanol–water partition coefficient (Wildman–Crippen LogP) is 3.03. The van der Waals surface area contributed by atoms with E-state index in [0.29, 0.717) is 0 Å². The maximum atomic E-state index is 12.7. The van der Waals surface area contributed by atoms with Crippen molar-refractivity contribution in [1.29, 1.82) is 0 Å². The van der Waals surface area contributed by atoms with Crippen LogP contribution in [0.4, 0.5) is 13.2 Å². The van der Waals surface area contributed by atoms with Gasteiger partial charge in [-0.3, -0.25) is 4.79 Å². The van der Waals surface area contributed by atoms with Gasteiger partial charge in [0.1, 0.15) is 17.0 Å². The fraction of sp³-hybridized carbons (Fsp3) is 0.231. The summed E-state index contributed by atoms with van der Waals surface area (Å²) < 4.78 is 43.0. The minimum atomic E-state index is -4.46. The van der Waals surface area contributed by atoms with Crippen molar-refractivity contribution >= 4 is 5.91 Å². The second kappa shape index (κ2) is 4.99. The number of aromatic nitrogens is 1. The van der Waals surface area contributed by atoms with Gasteiger partial charge in [0.15, 0.2) is 0 Å². The standard InChI is InChI=1S/C13H11F3N2O2/c1-7-10(12(19)17-2)11(18-20-7)8-4-3-5-9(6-8)13(14,15)16/h3-6H,1-2H3,(H,17,19). The summed E-state index contributed by atoms with van der Waals surface area (Å²) in [7, 11) is 1.42. The van der Waals surface area contributed by atoms with Gasteiger partial charge in [0.25, 0.3) is 5.91 Å². The highest BCUT2D eigenvalue weighted by molar-refractivity contribution is 6.00. The molecular formula is C13H11F3N2O2. The van der Waals surface area contributed by atoms with Gasteiger partial charge in [-0.15, -0.1) is 0 Å². The third-order valence-corrected chi connectivity index (χ3v) is 2.78. The third kappa shape index (κ3) is 2.52. The molecule has 1 N–H and O–H groups in total. The fourth-order valence-electron chi connectivity index (χ4n) is 1.80. The molecule has 0 unspecified atom stereocenters. The van der Waals surface area contributed by atoms with Crippen LogP contribution < -0.4 is 5.32 Å². The highest BCUT2D eigenvalue weighted by Crippen LogP contribution is 2.33. The van der Waals surface area contributed by atoms with E-state index in [1.807, 2.05) is 0 Å². The smallest absolute Gasteiger partial charge is 0.360 e. The molecular weight excluding hydrogens is 273 g/mol. The first-order valence-corrected chi connectivity index (χ1v) is 5.70. The highest BCUT2D eigenvalue weighted by atomic mass is 19.4. The number of amides is 1. The lowest BCUT2D eigenvalue weighted by Gasteiger charge is -2.08. The van der Waals surface area contributed by atoms with E-state index in [4.69, 9.17) is 4.52 Å². The number of hydrogen-bond acceptors (Lipinski definition) is 3. The fourth-order valence-corrected chi connectivity index (χ4v) is 1.80. The van der Waals surface area contributed by atoms with Crippen molar-refractivity contribution in [3.8, 4) is 11.3 Å². The average molecular weight is 284 g/mol. The molecule has 0 aliphatic rings. The summed E-state index contributed by atoms with van der Waals surface area (Å²) in [5.74, 6) is -0.215. The lowest BCUT2D eigenvalue weighted by Crippen LogP contribution is -2.19. The maximum Gasteiger partial charge on any atom is 0.416 e. The minimum absolute atomic E-state index is 0.0907. The quantitative estimate of drug-likeness (QED) is 0.922. The Morgan fingerprint density at radius 1 is 1.35 bits per heavy atom. The second-order valence-corrected chi connectivity index (χ2v) is 4.12. The van der Waals surface area contributed by atoms with Gasteiger partial charge >= 0.3 is 6.18 Å². The van der Waals surface area contributed by atoms with Gasteiger partial charge < -0.3 is 9.84 Å². The molecule has 0 spiro atoms. The van der Waals surface area contributed by atoms with Crippen molar-refractivity contribution < 1.29 is 22.5 Å². The van der Waals surface area contributed by atoms with E-state index in [9.17, 15) is 18.0 Å². The van der Waals surface area contributed by atoms with Crippen molar-refractivity contribution in [2.24, 2.45) is 0 Å². The number of carbonyl (C=O) groups excluding carboxylic acids is 1. The monoisotopic (exact) mass is 284 g/mol. The van der Waals surface area contributed by atoms with E-state index >= 15 is 0 Å². The molecule has 2 rings (SSSR count). The predicted molar refractivity (Wildman–Crippen MR) is 65.1 cm³/mol. The van der Waals surface area contributed by atoms with E-state index in [1.54, 1.807) is 0 Å². The van der Waals surface area contributed by atoms with Gasteiger partial charge in [-0.05, 0) is 19.1 Å². The molecule has 1 aromatic heterocycles. The van der Waals surface area contributed by atoms with Crippen LogP contribution in [0.25, 0.3) is 11.3 Å². The van der Waals surface area contributed by atoms with Crippen LogP contribution in [0.15, 0.2) is 28.8 Å². The van der Waals surface area contributed by atoms with Gasteiger partial charge in [-0.25, -0.2) is 0 Å². The minimum Gasteiger partial charge on any atom is -0.360 e. The third-order valence-electron chi connectivity index (χ3n) is 2.78. The molecule has 1 aromatic carbocycles. The summed E-state index contributed by atoms with van der Waals surface area (Å²) in [5, 5.41) is 6.08. The van der Waals surface area contributed by atoms with Crippen molar-refractivity contribution in [2.45, 2.75) is 13.1 Å². The van der Waals surface area contributed by atoms with Crippen LogP contribution in [0, 0.1) is 6.92 Å². The topological polar surface area (TPSA) is 55.1 Å². The molecule has 0 aliphatic carbocycles. The van der Waals surface area contributed by atoms with Crippen LogP contribution in [-0.4, -0.2) is 18.1 Å². The van der Waals surface area contributed by atoms with Gasteiger partial charge in [-0.2, -0.15) is 13.2 Å². The second-order valence-electron chi connectivity index (χ2n) is 4.12. The SMILES string of the molecule is CNC(=O)c1c(-c2cccc(C(F)(F)F)c2)noc1C. The summed E-state index contributed by atoms with van der Waals surface area (Å²) in [4.78, 5) is 11.7. The number of carbonyl (C=O) groups is 1. The molecule has 7 heteroatoms. The Labute approximate surface area is 112 Å². The van der Waals surface area contributed by atoms with Crippen molar-refractivity contribution in [1.82, 2.24) is 10.5 Å². The zero-order valence-corrected chi connectivity index (χ0v) is 10.7. The van der Waals surface area contributed by atoms with E-state index in [-0.39, 0.29) is 22.6 Å². The van der Waals surface area contributed by atoms with Gasteiger partial charge in [0.05, 0.1) is 5.56 Å². The summed E-state index contributed by atoms with van der Waals surface area (Å²) in [6.07, 6.45) is -4.46. The lowest BCUT2D eigenvalue weighted by molar-refractivity contribution is -0.137. The molecule has 0 saturated heterocycles. The Balaban J connectivity index is 2.56. The molecule has 1 heterocycles. The number of benzene rings is 1. The zero-order chi connectivity index (χ0) is 14.9. The first-order chi connectivity index (χ1) is 9.34. The summed E-state index contributed by atoms with van der Waals surface area (Å²) >= 11 is 0. The van der Waals surface area contributed by atoms with Crippen molar-refractivity contribution in [2.75, 3.05) is 7.05 Å². The van der Waals surface area contributed by atoms with E-state index in [1.165, 1.54) is 26.1 Å².